The van der Waals surface area contributed by atoms with E-state index in [0.717, 1.165) is 31.1 Å². The molecule has 0 bridgehead atoms. The van der Waals surface area contributed by atoms with E-state index < -0.39 is 0 Å². The van der Waals surface area contributed by atoms with Crippen molar-refractivity contribution in [3.63, 3.8) is 0 Å². The normalized spacial score (nSPS) is 22.9. The van der Waals surface area contributed by atoms with Crippen molar-refractivity contribution in [3.8, 4) is 5.69 Å². The summed E-state index contributed by atoms with van der Waals surface area (Å²) >= 11 is 1.72. The van der Waals surface area contributed by atoms with Crippen LogP contribution in [0.5, 0.6) is 0 Å². The summed E-state index contributed by atoms with van der Waals surface area (Å²) in [5, 5.41) is 12.2. The first-order chi connectivity index (χ1) is 10.7. The van der Waals surface area contributed by atoms with Crippen molar-refractivity contribution >= 4 is 11.8 Å². The second-order valence-electron chi connectivity index (χ2n) is 5.66. The molecule has 2 atom stereocenters. The fourth-order valence-corrected chi connectivity index (χ4v) is 3.25. The molecule has 7 heteroatoms. The van der Waals surface area contributed by atoms with Gasteiger partial charge in [0.2, 0.25) is 0 Å². The van der Waals surface area contributed by atoms with E-state index in [9.17, 15) is 0 Å². The fraction of sp³-hybridized carbons (Fsp3) is 0.533. The van der Waals surface area contributed by atoms with Crippen LogP contribution in [0.15, 0.2) is 29.2 Å². The summed E-state index contributed by atoms with van der Waals surface area (Å²) in [6, 6.07) is 8.28. The number of benzene rings is 1. The fourth-order valence-electron chi connectivity index (χ4n) is 2.84. The van der Waals surface area contributed by atoms with Crippen molar-refractivity contribution in [2.24, 2.45) is 0 Å². The van der Waals surface area contributed by atoms with Gasteiger partial charge in [-0.15, -0.1) is 16.9 Å². The lowest BCUT2D eigenvalue weighted by atomic mass is 10.2. The Balaban J connectivity index is 1.76. The molecule has 118 valence electrons. The third-order valence-corrected chi connectivity index (χ3v) is 4.45. The monoisotopic (exact) mass is 319 g/mol. The summed E-state index contributed by atoms with van der Waals surface area (Å²) in [6.45, 7) is 6.75. The number of hydrogen-bond donors (Lipinski definition) is 0. The predicted molar refractivity (Wildman–Crippen MR) is 86.2 cm³/mol. The Morgan fingerprint density at radius 3 is 2.50 bits per heavy atom. The van der Waals surface area contributed by atoms with Crippen molar-refractivity contribution in [1.29, 1.82) is 0 Å². The quantitative estimate of drug-likeness (QED) is 0.803. The molecule has 0 radical (unpaired) electrons. The van der Waals surface area contributed by atoms with Gasteiger partial charge in [0.15, 0.2) is 5.82 Å². The Labute approximate surface area is 134 Å². The average Bonchev–Trinajstić information content (AvgIpc) is 2.94. The van der Waals surface area contributed by atoms with E-state index in [1.54, 1.807) is 11.8 Å². The maximum absolute atomic E-state index is 5.77. The molecular weight excluding hydrogens is 298 g/mol. The molecule has 1 aromatic carbocycles. The van der Waals surface area contributed by atoms with E-state index in [1.807, 2.05) is 4.68 Å². The van der Waals surface area contributed by atoms with Crippen molar-refractivity contribution in [2.45, 2.75) is 37.5 Å². The third-order valence-electron chi connectivity index (χ3n) is 3.71. The minimum atomic E-state index is 0.244. The number of thioether (sulfide) groups is 1. The van der Waals surface area contributed by atoms with Gasteiger partial charge in [0.05, 0.1) is 24.4 Å². The van der Waals surface area contributed by atoms with Crippen LogP contribution in [0, 0.1) is 0 Å². The number of tetrazole rings is 1. The van der Waals surface area contributed by atoms with E-state index in [4.69, 9.17) is 4.74 Å². The molecule has 0 saturated carbocycles. The molecule has 6 nitrogen and oxygen atoms in total. The number of rotatable bonds is 4. The van der Waals surface area contributed by atoms with E-state index in [2.05, 4.69) is 64.8 Å². The Morgan fingerprint density at radius 2 is 1.86 bits per heavy atom. The molecule has 2 aromatic rings. The van der Waals surface area contributed by atoms with Crippen LogP contribution in [0.4, 0.5) is 0 Å². The molecular formula is C15H21N5OS. The van der Waals surface area contributed by atoms with Gasteiger partial charge >= 0.3 is 0 Å². The minimum Gasteiger partial charge on any atom is -0.373 e. The molecule has 3 rings (SSSR count). The Morgan fingerprint density at radius 1 is 1.18 bits per heavy atom. The zero-order valence-corrected chi connectivity index (χ0v) is 14.0. The second-order valence-corrected chi connectivity index (χ2v) is 6.54. The summed E-state index contributed by atoms with van der Waals surface area (Å²) in [4.78, 5) is 3.58. The summed E-state index contributed by atoms with van der Waals surface area (Å²) in [5.74, 6) is 0.859. The number of aromatic nitrogens is 4. The van der Waals surface area contributed by atoms with Crippen LogP contribution in [-0.4, -0.2) is 56.7 Å². The van der Waals surface area contributed by atoms with Gasteiger partial charge in [-0.3, -0.25) is 4.90 Å². The molecule has 1 saturated heterocycles. The Kier molecular flexibility index (Phi) is 4.75. The van der Waals surface area contributed by atoms with Crippen LogP contribution in [0.1, 0.15) is 19.7 Å². The van der Waals surface area contributed by atoms with Crippen molar-refractivity contribution in [3.05, 3.63) is 30.1 Å². The minimum absolute atomic E-state index is 0.244. The maximum Gasteiger partial charge on any atom is 0.170 e. The summed E-state index contributed by atoms with van der Waals surface area (Å²) < 4.78 is 7.59. The molecule has 0 aliphatic carbocycles. The number of ether oxygens (including phenoxy) is 1. The molecule has 1 aromatic heterocycles. The number of hydrogen-bond acceptors (Lipinski definition) is 6. The van der Waals surface area contributed by atoms with Gasteiger partial charge in [0, 0.05) is 18.0 Å². The first kappa shape index (κ1) is 15.5. The zero-order chi connectivity index (χ0) is 15.5. The number of nitrogens with zero attached hydrogens (tertiary/aromatic N) is 5. The molecule has 1 aliphatic heterocycles. The van der Waals surface area contributed by atoms with Gasteiger partial charge in [-0.1, -0.05) is 0 Å². The summed E-state index contributed by atoms with van der Waals surface area (Å²) in [7, 11) is 0. The average molecular weight is 319 g/mol. The lowest BCUT2D eigenvalue weighted by Gasteiger charge is -2.34. The Bertz CT molecular complexity index is 605. The van der Waals surface area contributed by atoms with Gasteiger partial charge in [0.1, 0.15) is 0 Å². The highest BCUT2D eigenvalue weighted by molar-refractivity contribution is 7.98. The highest BCUT2D eigenvalue weighted by Gasteiger charge is 2.24. The molecule has 0 unspecified atom stereocenters. The molecule has 0 N–H and O–H groups in total. The SMILES string of the molecule is CSc1ccc(-n2nnnc2CN2C[C@@H](C)O[C@@H](C)C2)cc1. The van der Waals surface area contributed by atoms with Gasteiger partial charge in [-0.25, -0.2) is 0 Å². The van der Waals surface area contributed by atoms with E-state index in [1.165, 1.54) is 4.90 Å². The molecule has 0 spiro atoms. The van der Waals surface area contributed by atoms with E-state index in [0.29, 0.717) is 0 Å². The maximum atomic E-state index is 5.77. The molecule has 1 aliphatic rings. The van der Waals surface area contributed by atoms with Gasteiger partial charge in [-0.05, 0) is 54.8 Å². The topological polar surface area (TPSA) is 56.1 Å². The van der Waals surface area contributed by atoms with Crippen LogP contribution in [-0.2, 0) is 11.3 Å². The largest absolute Gasteiger partial charge is 0.373 e. The van der Waals surface area contributed by atoms with Crippen LogP contribution in [0.3, 0.4) is 0 Å². The van der Waals surface area contributed by atoms with Gasteiger partial charge < -0.3 is 4.74 Å². The summed E-state index contributed by atoms with van der Waals surface area (Å²) in [5.41, 5.74) is 0.993. The summed E-state index contributed by atoms with van der Waals surface area (Å²) in [6.07, 6.45) is 2.56. The Hall–Kier alpha value is -1.44. The molecule has 22 heavy (non-hydrogen) atoms. The van der Waals surface area contributed by atoms with Crippen LogP contribution in [0.25, 0.3) is 5.69 Å². The molecule has 2 heterocycles. The predicted octanol–water partition coefficient (Wildman–Crippen LogP) is 1.99. The lowest BCUT2D eigenvalue weighted by molar-refractivity contribution is -0.0712. The highest BCUT2D eigenvalue weighted by atomic mass is 32.2. The van der Waals surface area contributed by atoms with Gasteiger partial charge in [-0.2, -0.15) is 4.68 Å². The van der Waals surface area contributed by atoms with Crippen molar-refractivity contribution < 1.29 is 4.74 Å². The van der Waals surface area contributed by atoms with Crippen molar-refractivity contribution in [2.75, 3.05) is 19.3 Å². The van der Waals surface area contributed by atoms with Crippen LogP contribution < -0.4 is 0 Å². The van der Waals surface area contributed by atoms with Crippen LogP contribution in [0.2, 0.25) is 0 Å². The first-order valence-corrected chi connectivity index (χ1v) is 8.67. The van der Waals surface area contributed by atoms with Gasteiger partial charge in [0.25, 0.3) is 0 Å². The molecule has 1 fully saturated rings. The smallest absolute Gasteiger partial charge is 0.170 e. The zero-order valence-electron chi connectivity index (χ0n) is 13.1. The second kappa shape index (κ2) is 6.76. The highest BCUT2D eigenvalue weighted by Crippen LogP contribution is 2.18. The van der Waals surface area contributed by atoms with E-state index in [-0.39, 0.29) is 12.2 Å². The molecule has 0 amide bonds. The van der Waals surface area contributed by atoms with E-state index >= 15 is 0 Å². The lowest BCUT2D eigenvalue weighted by Crippen LogP contribution is -2.45. The van der Waals surface area contributed by atoms with Crippen molar-refractivity contribution in [1.82, 2.24) is 25.1 Å². The third kappa shape index (κ3) is 3.48. The standard InChI is InChI=1S/C15H21N5OS/c1-11-8-19(9-12(2)21-11)10-15-16-17-18-20(15)13-4-6-14(22-3)7-5-13/h4-7,11-12H,8-10H2,1-3H3/t11-,12+. The first-order valence-electron chi connectivity index (χ1n) is 7.45. The number of morpholine rings is 1. The van der Waals surface area contributed by atoms with Crippen LogP contribution >= 0.6 is 11.8 Å².